The Balaban J connectivity index is 2.25. The first-order valence-corrected chi connectivity index (χ1v) is 6.11. The summed E-state index contributed by atoms with van der Waals surface area (Å²) in [5.74, 6) is -0.929. The van der Waals surface area contributed by atoms with E-state index >= 15 is 0 Å². The molecule has 2 rings (SSSR count). The molecule has 5 heteroatoms. The van der Waals surface area contributed by atoms with Gasteiger partial charge in [-0.1, -0.05) is 18.2 Å². The fraction of sp³-hybridized carbons (Fsp3) is 0.286. The number of aryl methyl sites for hydroxylation is 1. The third-order valence-electron chi connectivity index (χ3n) is 3.13. The lowest BCUT2D eigenvalue weighted by Gasteiger charge is -2.20. The number of hydrogen-bond donors (Lipinski definition) is 3. The second kappa shape index (κ2) is 5.67. The highest BCUT2D eigenvalue weighted by Gasteiger charge is 2.16. The average Bonchev–Trinajstić information content (AvgIpc) is 2.39. The number of nitrogens with one attached hydrogen (secondary N) is 2. The Labute approximate surface area is 111 Å². The second-order valence-corrected chi connectivity index (χ2v) is 4.43. The molecule has 5 nitrogen and oxygen atoms in total. The fourth-order valence-electron chi connectivity index (χ4n) is 2.15. The van der Waals surface area contributed by atoms with Crippen LogP contribution in [-0.4, -0.2) is 24.0 Å². The number of carbonyl (C=O) groups is 2. The van der Waals surface area contributed by atoms with Crippen molar-refractivity contribution in [2.45, 2.75) is 18.9 Å². The van der Waals surface area contributed by atoms with Gasteiger partial charge in [-0.2, -0.15) is 0 Å². The van der Waals surface area contributed by atoms with Crippen LogP contribution in [-0.2, 0) is 16.0 Å². The first kappa shape index (κ1) is 13.3. The van der Waals surface area contributed by atoms with Gasteiger partial charge in [-0.3, -0.25) is 4.79 Å². The van der Waals surface area contributed by atoms with Crippen LogP contribution in [0, 0.1) is 0 Å². The highest BCUT2D eigenvalue weighted by atomic mass is 16.4. The SMILES string of the molecule is CNC(/C=C/C(=O)O)c1ccc2c(c1)CCC(=O)N2. The minimum atomic E-state index is -0.967. The molecule has 1 heterocycles. The molecular formula is C14H16N2O3. The van der Waals surface area contributed by atoms with Crippen LogP contribution in [0.1, 0.15) is 23.6 Å². The third kappa shape index (κ3) is 3.20. The lowest BCUT2D eigenvalue weighted by molar-refractivity contribution is -0.131. The summed E-state index contributed by atoms with van der Waals surface area (Å²) < 4.78 is 0. The van der Waals surface area contributed by atoms with Gasteiger partial charge in [0.25, 0.3) is 0 Å². The number of fused-ring (bicyclic) bond motifs is 1. The molecule has 1 aliphatic heterocycles. The molecule has 0 saturated carbocycles. The maximum atomic E-state index is 11.3. The van der Waals surface area contributed by atoms with Crippen molar-refractivity contribution in [1.82, 2.24) is 5.32 Å². The number of amides is 1. The summed E-state index contributed by atoms with van der Waals surface area (Å²) in [5, 5.41) is 14.5. The summed E-state index contributed by atoms with van der Waals surface area (Å²) in [6, 6.07) is 5.60. The first-order chi connectivity index (χ1) is 9.10. The molecule has 0 aromatic heterocycles. The minimum absolute atomic E-state index is 0.0381. The Morgan fingerprint density at radius 1 is 1.47 bits per heavy atom. The minimum Gasteiger partial charge on any atom is -0.478 e. The molecule has 3 N–H and O–H groups in total. The summed E-state index contributed by atoms with van der Waals surface area (Å²) in [7, 11) is 1.78. The topological polar surface area (TPSA) is 78.4 Å². The number of rotatable bonds is 4. The van der Waals surface area contributed by atoms with Crippen molar-refractivity contribution in [2.24, 2.45) is 0 Å². The molecule has 1 unspecified atom stereocenters. The number of hydrogen-bond acceptors (Lipinski definition) is 3. The fourth-order valence-corrected chi connectivity index (χ4v) is 2.15. The summed E-state index contributed by atoms with van der Waals surface area (Å²) in [4.78, 5) is 21.8. The van der Waals surface area contributed by atoms with Gasteiger partial charge in [-0.15, -0.1) is 0 Å². The van der Waals surface area contributed by atoms with Crippen LogP contribution in [0.25, 0.3) is 0 Å². The molecule has 0 saturated heterocycles. The molecule has 1 aromatic carbocycles. The van der Waals surface area contributed by atoms with E-state index in [1.54, 1.807) is 13.1 Å². The normalized spacial score (nSPS) is 15.9. The van der Waals surface area contributed by atoms with Gasteiger partial charge in [0.15, 0.2) is 0 Å². The van der Waals surface area contributed by atoms with Crippen molar-refractivity contribution in [3.05, 3.63) is 41.5 Å². The number of benzene rings is 1. The monoisotopic (exact) mass is 260 g/mol. The van der Waals surface area contributed by atoms with Crippen LogP contribution >= 0.6 is 0 Å². The standard InChI is InChI=1S/C14H16N2O3/c1-15-11(5-7-14(18)19)9-2-4-12-10(8-9)3-6-13(17)16-12/h2,4-5,7-8,11,15H,3,6H2,1H3,(H,16,17)(H,18,19)/b7-5+. The van der Waals surface area contributed by atoms with E-state index in [2.05, 4.69) is 10.6 Å². The Morgan fingerprint density at radius 3 is 2.95 bits per heavy atom. The maximum Gasteiger partial charge on any atom is 0.328 e. The lowest BCUT2D eigenvalue weighted by Crippen LogP contribution is -2.20. The lowest BCUT2D eigenvalue weighted by atomic mass is 9.97. The number of aliphatic carboxylic acids is 1. The van der Waals surface area contributed by atoms with Crippen LogP contribution < -0.4 is 10.6 Å². The third-order valence-corrected chi connectivity index (χ3v) is 3.13. The summed E-state index contributed by atoms with van der Waals surface area (Å²) in [6.45, 7) is 0. The maximum absolute atomic E-state index is 11.3. The van der Waals surface area contributed by atoms with Gasteiger partial charge in [-0.05, 0) is 30.7 Å². The quantitative estimate of drug-likeness (QED) is 0.716. The summed E-state index contributed by atoms with van der Waals surface area (Å²) in [5.41, 5.74) is 2.91. The van der Waals surface area contributed by atoms with E-state index in [1.807, 2.05) is 18.2 Å². The Hall–Kier alpha value is -2.14. The zero-order chi connectivity index (χ0) is 13.8. The molecule has 1 amide bonds. The first-order valence-electron chi connectivity index (χ1n) is 6.11. The summed E-state index contributed by atoms with van der Waals surface area (Å²) >= 11 is 0. The van der Waals surface area contributed by atoms with Crippen LogP contribution in [0.15, 0.2) is 30.4 Å². The largest absolute Gasteiger partial charge is 0.478 e. The number of carbonyl (C=O) groups excluding carboxylic acids is 1. The van der Waals surface area contributed by atoms with E-state index in [-0.39, 0.29) is 11.9 Å². The van der Waals surface area contributed by atoms with E-state index in [9.17, 15) is 9.59 Å². The molecule has 100 valence electrons. The van der Waals surface area contributed by atoms with E-state index in [0.29, 0.717) is 12.8 Å². The molecule has 1 aliphatic rings. The molecule has 0 bridgehead atoms. The van der Waals surface area contributed by atoms with E-state index in [1.165, 1.54) is 0 Å². The van der Waals surface area contributed by atoms with Gasteiger partial charge in [0, 0.05) is 18.2 Å². The predicted octanol–water partition coefficient (Wildman–Crippen LogP) is 1.47. The van der Waals surface area contributed by atoms with Crippen LogP contribution in [0.5, 0.6) is 0 Å². The predicted molar refractivity (Wildman–Crippen MR) is 72.0 cm³/mol. The van der Waals surface area contributed by atoms with E-state index in [0.717, 1.165) is 22.9 Å². The van der Waals surface area contributed by atoms with Crippen molar-refractivity contribution in [3.8, 4) is 0 Å². The number of anilines is 1. The Kier molecular flexibility index (Phi) is 3.97. The van der Waals surface area contributed by atoms with Gasteiger partial charge in [0.2, 0.25) is 5.91 Å². The molecule has 0 fully saturated rings. The van der Waals surface area contributed by atoms with Gasteiger partial charge in [-0.25, -0.2) is 4.79 Å². The molecule has 1 atom stereocenters. The molecule has 0 aliphatic carbocycles. The van der Waals surface area contributed by atoms with Crippen molar-refractivity contribution in [2.75, 3.05) is 12.4 Å². The van der Waals surface area contributed by atoms with Crippen molar-refractivity contribution in [3.63, 3.8) is 0 Å². The zero-order valence-electron chi connectivity index (χ0n) is 10.6. The number of carboxylic acids is 1. The Morgan fingerprint density at radius 2 is 2.26 bits per heavy atom. The van der Waals surface area contributed by atoms with Crippen molar-refractivity contribution < 1.29 is 14.7 Å². The number of likely N-dealkylation sites (N-methyl/N-ethyl adjacent to an activating group) is 1. The highest BCUT2D eigenvalue weighted by molar-refractivity contribution is 5.93. The van der Waals surface area contributed by atoms with E-state index in [4.69, 9.17) is 5.11 Å². The molecule has 1 aromatic rings. The van der Waals surface area contributed by atoms with Crippen LogP contribution in [0.4, 0.5) is 5.69 Å². The van der Waals surface area contributed by atoms with Gasteiger partial charge in [0.1, 0.15) is 0 Å². The molecule has 19 heavy (non-hydrogen) atoms. The van der Waals surface area contributed by atoms with Gasteiger partial charge in [0.05, 0.1) is 6.04 Å². The number of carboxylic acid groups (broad SMARTS) is 1. The van der Waals surface area contributed by atoms with Crippen molar-refractivity contribution >= 4 is 17.6 Å². The van der Waals surface area contributed by atoms with Crippen LogP contribution in [0.3, 0.4) is 0 Å². The molecular weight excluding hydrogens is 244 g/mol. The van der Waals surface area contributed by atoms with Gasteiger partial charge < -0.3 is 15.7 Å². The highest BCUT2D eigenvalue weighted by Crippen LogP contribution is 2.26. The average molecular weight is 260 g/mol. The molecule has 0 radical (unpaired) electrons. The Bertz CT molecular complexity index is 537. The van der Waals surface area contributed by atoms with Gasteiger partial charge >= 0.3 is 5.97 Å². The zero-order valence-corrected chi connectivity index (χ0v) is 10.6. The smallest absolute Gasteiger partial charge is 0.328 e. The summed E-state index contributed by atoms with van der Waals surface area (Å²) in [6.07, 6.45) is 3.94. The second-order valence-electron chi connectivity index (χ2n) is 4.43. The molecule has 0 spiro atoms. The van der Waals surface area contributed by atoms with Crippen molar-refractivity contribution in [1.29, 1.82) is 0 Å². The van der Waals surface area contributed by atoms with Crippen LogP contribution in [0.2, 0.25) is 0 Å². The van der Waals surface area contributed by atoms with E-state index < -0.39 is 5.97 Å².